The summed E-state index contributed by atoms with van der Waals surface area (Å²) in [6.45, 7) is 3.19. The first kappa shape index (κ1) is 9.52. The first-order chi connectivity index (χ1) is 5.66. The standard InChI is InChI=1S/C9H18N2O/c1-9(5-6-9)11-7-3-4-8(12)10-2/h11H,3-7H2,1-2H3,(H,10,12). The van der Waals surface area contributed by atoms with Crippen LogP contribution in [0.3, 0.4) is 0 Å². The summed E-state index contributed by atoms with van der Waals surface area (Å²) in [6.07, 6.45) is 4.15. The van der Waals surface area contributed by atoms with E-state index in [4.69, 9.17) is 0 Å². The molecule has 1 amide bonds. The van der Waals surface area contributed by atoms with Crippen molar-refractivity contribution in [1.29, 1.82) is 0 Å². The minimum Gasteiger partial charge on any atom is -0.359 e. The van der Waals surface area contributed by atoms with Crippen molar-refractivity contribution >= 4 is 5.91 Å². The summed E-state index contributed by atoms with van der Waals surface area (Å²) < 4.78 is 0. The lowest BCUT2D eigenvalue weighted by molar-refractivity contribution is -0.120. The van der Waals surface area contributed by atoms with Gasteiger partial charge in [-0.25, -0.2) is 0 Å². The topological polar surface area (TPSA) is 41.1 Å². The largest absolute Gasteiger partial charge is 0.359 e. The van der Waals surface area contributed by atoms with Crippen molar-refractivity contribution in [1.82, 2.24) is 10.6 Å². The molecule has 12 heavy (non-hydrogen) atoms. The summed E-state index contributed by atoms with van der Waals surface area (Å²) in [5.74, 6) is 0.137. The summed E-state index contributed by atoms with van der Waals surface area (Å²) in [5, 5.41) is 6.04. The highest BCUT2D eigenvalue weighted by Crippen LogP contribution is 2.33. The van der Waals surface area contributed by atoms with Crippen LogP contribution in [0.4, 0.5) is 0 Å². The number of rotatable bonds is 5. The Morgan fingerprint density at radius 3 is 2.67 bits per heavy atom. The smallest absolute Gasteiger partial charge is 0.219 e. The second kappa shape index (κ2) is 3.90. The van der Waals surface area contributed by atoms with Gasteiger partial charge in [-0.15, -0.1) is 0 Å². The van der Waals surface area contributed by atoms with Gasteiger partial charge in [0.15, 0.2) is 0 Å². The highest BCUT2D eigenvalue weighted by atomic mass is 16.1. The van der Waals surface area contributed by atoms with E-state index in [0.717, 1.165) is 13.0 Å². The van der Waals surface area contributed by atoms with Crippen LogP contribution in [0.1, 0.15) is 32.6 Å². The Morgan fingerprint density at radius 1 is 1.50 bits per heavy atom. The third kappa shape index (κ3) is 3.22. The first-order valence-electron chi connectivity index (χ1n) is 4.62. The van der Waals surface area contributed by atoms with E-state index in [1.807, 2.05) is 0 Å². The van der Waals surface area contributed by atoms with Gasteiger partial charge in [-0.3, -0.25) is 4.79 Å². The van der Waals surface area contributed by atoms with Crippen molar-refractivity contribution in [2.75, 3.05) is 13.6 Å². The van der Waals surface area contributed by atoms with Crippen molar-refractivity contribution in [3.63, 3.8) is 0 Å². The van der Waals surface area contributed by atoms with Crippen molar-refractivity contribution in [3.8, 4) is 0 Å². The predicted molar refractivity (Wildman–Crippen MR) is 48.9 cm³/mol. The van der Waals surface area contributed by atoms with E-state index in [0.29, 0.717) is 12.0 Å². The van der Waals surface area contributed by atoms with Crippen molar-refractivity contribution in [2.45, 2.75) is 38.1 Å². The quantitative estimate of drug-likeness (QED) is 0.595. The number of hydrogen-bond donors (Lipinski definition) is 2. The lowest BCUT2D eigenvalue weighted by Crippen LogP contribution is -2.29. The molecule has 1 aliphatic rings. The molecule has 0 radical (unpaired) electrons. The van der Waals surface area contributed by atoms with Crippen LogP contribution < -0.4 is 10.6 Å². The van der Waals surface area contributed by atoms with Gasteiger partial charge in [-0.05, 0) is 32.7 Å². The van der Waals surface area contributed by atoms with Crippen LogP contribution in [0.2, 0.25) is 0 Å². The molecule has 3 heteroatoms. The van der Waals surface area contributed by atoms with Crippen LogP contribution in [0, 0.1) is 0 Å². The van der Waals surface area contributed by atoms with Crippen molar-refractivity contribution in [2.24, 2.45) is 0 Å². The summed E-state index contributed by atoms with van der Waals surface area (Å²) in [4.78, 5) is 10.8. The van der Waals surface area contributed by atoms with E-state index in [1.54, 1.807) is 7.05 Å². The minimum atomic E-state index is 0.137. The molecule has 0 unspecified atom stereocenters. The van der Waals surface area contributed by atoms with E-state index < -0.39 is 0 Å². The van der Waals surface area contributed by atoms with Crippen LogP contribution >= 0.6 is 0 Å². The van der Waals surface area contributed by atoms with Gasteiger partial charge in [0.05, 0.1) is 0 Å². The SMILES string of the molecule is CNC(=O)CCCNC1(C)CC1. The van der Waals surface area contributed by atoms with Crippen LogP contribution in [0.15, 0.2) is 0 Å². The molecule has 0 bridgehead atoms. The molecule has 0 heterocycles. The van der Waals surface area contributed by atoms with E-state index in [2.05, 4.69) is 17.6 Å². The highest BCUT2D eigenvalue weighted by molar-refractivity contribution is 5.75. The number of nitrogens with one attached hydrogen (secondary N) is 2. The van der Waals surface area contributed by atoms with Crippen LogP contribution in [-0.4, -0.2) is 25.0 Å². The van der Waals surface area contributed by atoms with E-state index in [-0.39, 0.29) is 5.91 Å². The van der Waals surface area contributed by atoms with Crippen LogP contribution in [-0.2, 0) is 4.79 Å². The zero-order valence-corrected chi connectivity index (χ0v) is 7.94. The molecule has 0 atom stereocenters. The molecule has 2 N–H and O–H groups in total. The first-order valence-corrected chi connectivity index (χ1v) is 4.62. The van der Waals surface area contributed by atoms with Crippen LogP contribution in [0.25, 0.3) is 0 Å². The third-order valence-electron chi connectivity index (χ3n) is 2.41. The molecule has 1 fully saturated rings. The minimum absolute atomic E-state index is 0.137. The number of carbonyl (C=O) groups excluding carboxylic acids is 1. The molecular formula is C9H18N2O. The molecule has 0 aromatic rings. The lowest BCUT2D eigenvalue weighted by atomic mass is 10.2. The maximum atomic E-state index is 10.8. The Hall–Kier alpha value is -0.570. The fraction of sp³-hybridized carbons (Fsp3) is 0.889. The summed E-state index contributed by atoms with van der Waals surface area (Å²) in [7, 11) is 1.68. The maximum absolute atomic E-state index is 10.8. The van der Waals surface area contributed by atoms with Crippen LogP contribution in [0.5, 0.6) is 0 Å². The van der Waals surface area contributed by atoms with E-state index in [9.17, 15) is 4.79 Å². The second-order valence-electron chi connectivity index (χ2n) is 3.76. The van der Waals surface area contributed by atoms with Gasteiger partial charge in [-0.2, -0.15) is 0 Å². The number of amides is 1. The zero-order chi connectivity index (χ0) is 9.03. The molecule has 1 aliphatic carbocycles. The van der Waals surface area contributed by atoms with Gasteiger partial charge in [0.2, 0.25) is 5.91 Å². The Kier molecular flexibility index (Phi) is 3.09. The fourth-order valence-electron chi connectivity index (χ4n) is 1.13. The second-order valence-corrected chi connectivity index (χ2v) is 3.76. The normalized spacial score (nSPS) is 18.8. The molecule has 3 nitrogen and oxygen atoms in total. The molecule has 0 spiro atoms. The Bertz CT molecular complexity index is 164. The zero-order valence-electron chi connectivity index (χ0n) is 7.94. The van der Waals surface area contributed by atoms with E-state index in [1.165, 1.54) is 12.8 Å². The monoisotopic (exact) mass is 170 g/mol. The summed E-state index contributed by atoms with van der Waals surface area (Å²) in [5.41, 5.74) is 0.405. The lowest BCUT2D eigenvalue weighted by Gasteiger charge is -2.09. The predicted octanol–water partition coefficient (Wildman–Crippen LogP) is 0.655. The van der Waals surface area contributed by atoms with Gasteiger partial charge in [0.1, 0.15) is 0 Å². The van der Waals surface area contributed by atoms with Crippen molar-refractivity contribution in [3.05, 3.63) is 0 Å². The third-order valence-corrected chi connectivity index (χ3v) is 2.41. The molecule has 1 rings (SSSR count). The fourth-order valence-corrected chi connectivity index (χ4v) is 1.13. The average molecular weight is 170 g/mol. The van der Waals surface area contributed by atoms with E-state index >= 15 is 0 Å². The molecule has 1 saturated carbocycles. The number of hydrogen-bond acceptors (Lipinski definition) is 2. The Morgan fingerprint density at radius 2 is 2.17 bits per heavy atom. The molecule has 0 aromatic heterocycles. The Balaban J connectivity index is 1.92. The molecular weight excluding hydrogens is 152 g/mol. The van der Waals surface area contributed by atoms with Gasteiger partial charge in [0.25, 0.3) is 0 Å². The van der Waals surface area contributed by atoms with Crippen molar-refractivity contribution < 1.29 is 4.79 Å². The molecule has 0 aromatic carbocycles. The van der Waals surface area contributed by atoms with Gasteiger partial charge in [0, 0.05) is 19.0 Å². The highest BCUT2D eigenvalue weighted by Gasteiger charge is 2.35. The van der Waals surface area contributed by atoms with Gasteiger partial charge < -0.3 is 10.6 Å². The Labute approximate surface area is 73.9 Å². The van der Waals surface area contributed by atoms with Gasteiger partial charge in [-0.1, -0.05) is 0 Å². The summed E-state index contributed by atoms with van der Waals surface area (Å²) in [6, 6.07) is 0. The molecule has 70 valence electrons. The average Bonchev–Trinajstić information content (AvgIpc) is 2.78. The maximum Gasteiger partial charge on any atom is 0.219 e. The van der Waals surface area contributed by atoms with Gasteiger partial charge >= 0.3 is 0 Å². The molecule has 0 saturated heterocycles. The number of carbonyl (C=O) groups is 1. The summed E-state index contributed by atoms with van der Waals surface area (Å²) >= 11 is 0. The molecule has 0 aliphatic heterocycles.